The van der Waals surface area contributed by atoms with Crippen LogP contribution in [0.2, 0.25) is 0 Å². The third kappa shape index (κ3) is 1.47. The first-order valence-electron chi connectivity index (χ1n) is 4.90. The fourth-order valence-corrected chi connectivity index (χ4v) is 1.75. The molecule has 2 heteroatoms. The van der Waals surface area contributed by atoms with Crippen LogP contribution >= 0.6 is 0 Å². The highest BCUT2D eigenvalue weighted by molar-refractivity contribution is 5.88. The van der Waals surface area contributed by atoms with Crippen LogP contribution in [-0.4, -0.2) is 30.9 Å². The van der Waals surface area contributed by atoms with Crippen LogP contribution in [0, 0.1) is 5.41 Å². The summed E-state index contributed by atoms with van der Waals surface area (Å²) in [6.45, 7) is 8.90. The van der Waals surface area contributed by atoms with Gasteiger partial charge in [-0.05, 0) is 12.8 Å². The molecule has 0 amide bonds. The second-order valence-electron chi connectivity index (χ2n) is 3.89. The van der Waals surface area contributed by atoms with E-state index in [1.165, 1.54) is 18.7 Å². The Morgan fingerprint density at radius 1 is 1.42 bits per heavy atom. The van der Waals surface area contributed by atoms with Crippen molar-refractivity contribution in [3.63, 3.8) is 0 Å². The van der Waals surface area contributed by atoms with E-state index >= 15 is 0 Å². The fourth-order valence-electron chi connectivity index (χ4n) is 1.75. The summed E-state index contributed by atoms with van der Waals surface area (Å²) in [6, 6.07) is 0. The van der Waals surface area contributed by atoms with Crippen LogP contribution in [0.25, 0.3) is 0 Å². The predicted octanol–water partition coefficient (Wildman–Crippen LogP) is 2.16. The molecule has 0 spiro atoms. The van der Waals surface area contributed by atoms with Gasteiger partial charge in [-0.3, -0.25) is 4.99 Å². The first-order valence-corrected chi connectivity index (χ1v) is 4.90. The van der Waals surface area contributed by atoms with Gasteiger partial charge in [-0.25, -0.2) is 0 Å². The summed E-state index contributed by atoms with van der Waals surface area (Å²) in [6.07, 6.45) is 2.37. The van der Waals surface area contributed by atoms with E-state index < -0.39 is 0 Å². The molecular formula is C10H20N2. The maximum atomic E-state index is 4.57. The summed E-state index contributed by atoms with van der Waals surface area (Å²) in [5.41, 5.74) is 0.311. The zero-order valence-corrected chi connectivity index (χ0v) is 8.72. The lowest BCUT2D eigenvalue weighted by Gasteiger charge is -2.31. The molecule has 0 saturated carbocycles. The number of hydrogen-bond acceptors (Lipinski definition) is 2. The van der Waals surface area contributed by atoms with Gasteiger partial charge in [-0.1, -0.05) is 20.8 Å². The molecule has 1 heterocycles. The molecule has 70 valence electrons. The van der Waals surface area contributed by atoms with E-state index in [2.05, 4.69) is 37.7 Å². The van der Waals surface area contributed by atoms with E-state index in [0.29, 0.717) is 5.41 Å². The van der Waals surface area contributed by atoms with E-state index in [1.54, 1.807) is 0 Å². The lowest BCUT2D eigenvalue weighted by molar-refractivity contribution is 0.380. The van der Waals surface area contributed by atoms with Crippen molar-refractivity contribution in [2.24, 2.45) is 10.4 Å². The van der Waals surface area contributed by atoms with Crippen molar-refractivity contribution < 1.29 is 0 Å². The zero-order valence-electron chi connectivity index (χ0n) is 8.72. The number of hydrogen-bond donors (Lipinski definition) is 0. The van der Waals surface area contributed by atoms with Gasteiger partial charge in [0, 0.05) is 19.0 Å². The van der Waals surface area contributed by atoms with Crippen LogP contribution in [0.15, 0.2) is 4.99 Å². The molecule has 1 aliphatic heterocycles. The topological polar surface area (TPSA) is 15.6 Å². The summed E-state index contributed by atoms with van der Waals surface area (Å²) in [7, 11) is 2.15. The van der Waals surface area contributed by atoms with Gasteiger partial charge in [0.25, 0.3) is 0 Å². The summed E-state index contributed by atoms with van der Waals surface area (Å²) in [4.78, 5) is 6.87. The largest absolute Gasteiger partial charge is 0.361 e. The lowest BCUT2D eigenvalue weighted by Crippen LogP contribution is -2.36. The standard InChI is InChI=1S/C10H20N2/c1-5-10(3,6-2)9-11-7-8-12(9)4/h5-8H2,1-4H3. The Labute approximate surface area is 75.7 Å². The number of likely N-dealkylation sites (N-methyl/N-ethyl adjacent to an activating group) is 1. The van der Waals surface area contributed by atoms with Crippen LogP contribution in [0.5, 0.6) is 0 Å². The van der Waals surface area contributed by atoms with E-state index in [1.807, 2.05) is 0 Å². The monoisotopic (exact) mass is 168 g/mol. The molecule has 0 aromatic rings. The van der Waals surface area contributed by atoms with Crippen molar-refractivity contribution in [3.8, 4) is 0 Å². The Morgan fingerprint density at radius 3 is 2.33 bits per heavy atom. The number of nitrogens with zero attached hydrogens (tertiary/aromatic N) is 2. The lowest BCUT2D eigenvalue weighted by atomic mass is 9.83. The first kappa shape index (κ1) is 9.56. The van der Waals surface area contributed by atoms with Crippen molar-refractivity contribution in [2.45, 2.75) is 33.6 Å². The van der Waals surface area contributed by atoms with Crippen LogP contribution in [0.1, 0.15) is 33.6 Å². The van der Waals surface area contributed by atoms with Crippen molar-refractivity contribution in [3.05, 3.63) is 0 Å². The maximum Gasteiger partial charge on any atom is 0.105 e. The Morgan fingerprint density at radius 2 is 2.00 bits per heavy atom. The number of aliphatic imine (C=N–C) groups is 1. The second-order valence-corrected chi connectivity index (χ2v) is 3.89. The van der Waals surface area contributed by atoms with Gasteiger partial charge in [0.1, 0.15) is 5.84 Å². The van der Waals surface area contributed by atoms with Crippen molar-refractivity contribution >= 4 is 5.84 Å². The second kappa shape index (κ2) is 3.46. The van der Waals surface area contributed by atoms with Crippen molar-refractivity contribution in [2.75, 3.05) is 20.1 Å². The van der Waals surface area contributed by atoms with Crippen LogP contribution in [0.4, 0.5) is 0 Å². The maximum absolute atomic E-state index is 4.57. The molecule has 0 fully saturated rings. The fraction of sp³-hybridized carbons (Fsp3) is 0.900. The highest BCUT2D eigenvalue weighted by atomic mass is 15.2. The smallest absolute Gasteiger partial charge is 0.105 e. The van der Waals surface area contributed by atoms with Gasteiger partial charge in [0.2, 0.25) is 0 Å². The molecule has 0 N–H and O–H groups in total. The molecule has 0 unspecified atom stereocenters. The number of rotatable bonds is 3. The molecule has 0 saturated heterocycles. The van der Waals surface area contributed by atoms with E-state index in [0.717, 1.165) is 13.1 Å². The molecule has 0 radical (unpaired) electrons. The van der Waals surface area contributed by atoms with Crippen LogP contribution in [-0.2, 0) is 0 Å². The molecular weight excluding hydrogens is 148 g/mol. The van der Waals surface area contributed by atoms with Crippen LogP contribution < -0.4 is 0 Å². The highest BCUT2D eigenvalue weighted by Crippen LogP contribution is 2.30. The van der Waals surface area contributed by atoms with E-state index in [4.69, 9.17) is 0 Å². The molecule has 0 aromatic heterocycles. The summed E-state index contributed by atoms with van der Waals surface area (Å²) in [5.74, 6) is 1.31. The Bertz CT molecular complexity index is 180. The Balaban J connectivity index is 2.78. The minimum absolute atomic E-state index is 0.311. The number of amidine groups is 1. The molecule has 0 atom stereocenters. The quantitative estimate of drug-likeness (QED) is 0.630. The summed E-state index contributed by atoms with van der Waals surface area (Å²) in [5, 5.41) is 0. The van der Waals surface area contributed by atoms with Gasteiger partial charge in [-0.15, -0.1) is 0 Å². The molecule has 0 bridgehead atoms. The van der Waals surface area contributed by atoms with Crippen molar-refractivity contribution in [1.82, 2.24) is 4.90 Å². The van der Waals surface area contributed by atoms with Gasteiger partial charge in [-0.2, -0.15) is 0 Å². The molecule has 1 rings (SSSR count). The van der Waals surface area contributed by atoms with Crippen molar-refractivity contribution in [1.29, 1.82) is 0 Å². The molecule has 1 aliphatic rings. The third-order valence-corrected chi connectivity index (χ3v) is 3.16. The average molecular weight is 168 g/mol. The third-order valence-electron chi connectivity index (χ3n) is 3.16. The Kier molecular flexibility index (Phi) is 2.76. The minimum Gasteiger partial charge on any atom is -0.361 e. The average Bonchev–Trinajstić information content (AvgIpc) is 2.51. The highest BCUT2D eigenvalue weighted by Gasteiger charge is 2.31. The normalized spacial score (nSPS) is 18.3. The minimum atomic E-state index is 0.311. The molecule has 0 aliphatic carbocycles. The zero-order chi connectivity index (χ0) is 9.19. The van der Waals surface area contributed by atoms with Gasteiger partial charge >= 0.3 is 0 Å². The van der Waals surface area contributed by atoms with Gasteiger partial charge in [0.15, 0.2) is 0 Å². The summed E-state index contributed by atoms with van der Waals surface area (Å²) >= 11 is 0. The predicted molar refractivity (Wildman–Crippen MR) is 53.6 cm³/mol. The van der Waals surface area contributed by atoms with E-state index in [-0.39, 0.29) is 0 Å². The SMILES string of the molecule is CCC(C)(CC)C1=NCCN1C. The van der Waals surface area contributed by atoms with Gasteiger partial charge < -0.3 is 4.90 Å². The molecule has 12 heavy (non-hydrogen) atoms. The molecule has 2 nitrogen and oxygen atoms in total. The Hall–Kier alpha value is -0.530. The molecule has 0 aromatic carbocycles. The van der Waals surface area contributed by atoms with Gasteiger partial charge in [0.05, 0.1) is 6.54 Å². The first-order chi connectivity index (χ1) is 5.64. The summed E-state index contributed by atoms with van der Waals surface area (Å²) < 4.78 is 0. The van der Waals surface area contributed by atoms with E-state index in [9.17, 15) is 0 Å². The van der Waals surface area contributed by atoms with Crippen LogP contribution in [0.3, 0.4) is 0 Å².